The summed E-state index contributed by atoms with van der Waals surface area (Å²) < 4.78 is 0. The van der Waals surface area contributed by atoms with Gasteiger partial charge in [-0.25, -0.2) is 4.98 Å². The molecule has 0 atom stereocenters. The Kier molecular flexibility index (Phi) is 4.15. The summed E-state index contributed by atoms with van der Waals surface area (Å²) in [6.45, 7) is 6.26. The second-order valence-electron chi connectivity index (χ2n) is 4.74. The number of para-hydroxylation sites is 1. The number of H-pyrrole nitrogens is 1. The van der Waals surface area contributed by atoms with Crippen molar-refractivity contribution in [3.05, 3.63) is 42.2 Å². The van der Waals surface area contributed by atoms with Crippen LogP contribution in [0, 0.1) is 0 Å². The zero-order chi connectivity index (χ0) is 12.9. The summed E-state index contributed by atoms with van der Waals surface area (Å²) >= 11 is 0. The highest BCUT2D eigenvalue weighted by molar-refractivity contribution is 5.36. The molecule has 0 aliphatic rings. The monoisotopic (exact) mass is 233 g/mol. The van der Waals surface area contributed by atoms with E-state index in [1.54, 1.807) is 18.5 Å². The number of rotatable bonds is 0. The van der Waals surface area contributed by atoms with Crippen LogP contribution in [0.5, 0.6) is 5.75 Å². The first kappa shape index (κ1) is 13.1. The van der Waals surface area contributed by atoms with Gasteiger partial charge in [-0.2, -0.15) is 0 Å². The second kappa shape index (κ2) is 5.39. The molecule has 4 N–H and O–H groups in total. The van der Waals surface area contributed by atoms with Gasteiger partial charge in [0, 0.05) is 12.4 Å². The third kappa shape index (κ3) is 4.18. The number of aromatic hydroxyl groups is 1. The molecule has 0 aliphatic heterocycles. The molecule has 4 heteroatoms. The number of aromatic amines is 1. The number of anilines is 1. The number of benzene rings is 1. The summed E-state index contributed by atoms with van der Waals surface area (Å²) in [5.41, 5.74) is 6.14. The van der Waals surface area contributed by atoms with Crippen molar-refractivity contribution in [3.8, 4) is 5.75 Å². The number of hydrogen-bond donors (Lipinski definition) is 3. The normalized spacial score (nSPS) is 10.5. The van der Waals surface area contributed by atoms with E-state index in [1.165, 1.54) is 0 Å². The predicted octanol–water partition coefficient (Wildman–Crippen LogP) is 2.68. The SMILES string of the molecule is CC(C)(C)c1ccccc1O.Nc1ncc[nH]1. The Morgan fingerprint density at radius 3 is 2.18 bits per heavy atom. The number of phenols is 1. The van der Waals surface area contributed by atoms with E-state index < -0.39 is 0 Å². The molecule has 0 aliphatic carbocycles. The highest BCUT2D eigenvalue weighted by Gasteiger charge is 2.16. The number of nitrogens with one attached hydrogen (secondary N) is 1. The van der Waals surface area contributed by atoms with Gasteiger partial charge in [0.25, 0.3) is 0 Å². The summed E-state index contributed by atoms with van der Waals surface area (Å²) in [6.07, 6.45) is 3.28. The van der Waals surface area contributed by atoms with E-state index in [-0.39, 0.29) is 5.41 Å². The van der Waals surface area contributed by atoms with E-state index in [2.05, 4.69) is 30.7 Å². The molecule has 0 bridgehead atoms. The second-order valence-corrected chi connectivity index (χ2v) is 4.74. The molecular formula is C13H19N3O. The number of nitrogens with two attached hydrogens (primary N) is 1. The summed E-state index contributed by atoms with van der Waals surface area (Å²) in [7, 11) is 0. The van der Waals surface area contributed by atoms with Crippen molar-refractivity contribution in [3.63, 3.8) is 0 Å². The molecule has 0 saturated carbocycles. The Bertz CT molecular complexity index is 444. The van der Waals surface area contributed by atoms with Crippen molar-refractivity contribution in [1.82, 2.24) is 9.97 Å². The van der Waals surface area contributed by atoms with Crippen LogP contribution in [0.2, 0.25) is 0 Å². The minimum absolute atomic E-state index is 0.0331. The molecule has 0 unspecified atom stereocenters. The van der Waals surface area contributed by atoms with Gasteiger partial charge in [0.15, 0.2) is 5.95 Å². The lowest BCUT2D eigenvalue weighted by Gasteiger charge is -2.19. The van der Waals surface area contributed by atoms with Crippen molar-refractivity contribution in [1.29, 1.82) is 0 Å². The average molecular weight is 233 g/mol. The van der Waals surface area contributed by atoms with Crippen LogP contribution in [0.1, 0.15) is 26.3 Å². The van der Waals surface area contributed by atoms with Crippen LogP contribution in [0.3, 0.4) is 0 Å². The molecule has 17 heavy (non-hydrogen) atoms. The molecule has 0 spiro atoms. The van der Waals surface area contributed by atoms with Gasteiger partial charge in [-0.15, -0.1) is 0 Å². The Hall–Kier alpha value is -1.97. The van der Waals surface area contributed by atoms with Crippen LogP contribution in [0.15, 0.2) is 36.7 Å². The number of aromatic nitrogens is 2. The maximum Gasteiger partial charge on any atom is 0.197 e. The third-order valence-corrected chi connectivity index (χ3v) is 2.23. The quantitative estimate of drug-likeness (QED) is 0.655. The van der Waals surface area contributed by atoms with Crippen molar-refractivity contribution in [2.45, 2.75) is 26.2 Å². The first-order valence-electron chi connectivity index (χ1n) is 5.44. The van der Waals surface area contributed by atoms with Crippen LogP contribution < -0.4 is 5.73 Å². The van der Waals surface area contributed by atoms with Crippen molar-refractivity contribution in [2.75, 3.05) is 5.73 Å². The number of nitrogen functional groups attached to an aromatic ring is 1. The largest absolute Gasteiger partial charge is 0.508 e. The number of imidazole rings is 1. The lowest BCUT2D eigenvalue weighted by Crippen LogP contribution is -2.10. The predicted molar refractivity (Wildman–Crippen MR) is 69.8 cm³/mol. The Labute approximate surface area is 102 Å². The fourth-order valence-electron chi connectivity index (χ4n) is 1.39. The molecule has 4 nitrogen and oxygen atoms in total. The first-order valence-corrected chi connectivity index (χ1v) is 5.44. The lowest BCUT2D eigenvalue weighted by molar-refractivity contribution is 0.447. The zero-order valence-electron chi connectivity index (χ0n) is 10.4. The molecule has 0 amide bonds. The van der Waals surface area contributed by atoms with Crippen LogP contribution in [0.25, 0.3) is 0 Å². The van der Waals surface area contributed by atoms with Crippen molar-refractivity contribution >= 4 is 5.95 Å². The van der Waals surface area contributed by atoms with Crippen LogP contribution in [-0.2, 0) is 5.41 Å². The number of hydrogen-bond acceptors (Lipinski definition) is 3. The van der Waals surface area contributed by atoms with Gasteiger partial charge >= 0.3 is 0 Å². The van der Waals surface area contributed by atoms with Crippen LogP contribution in [-0.4, -0.2) is 15.1 Å². The van der Waals surface area contributed by atoms with Crippen molar-refractivity contribution < 1.29 is 5.11 Å². The third-order valence-electron chi connectivity index (χ3n) is 2.23. The molecule has 0 saturated heterocycles. The van der Waals surface area contributed by atoms with E-state index in [0.717, 1.165) is 5.56 Å². The fraction of sp³-hybridized carbons (Fsp3) is 0.308. The summed E-state index contributed by atoms with van der Waals surface area (Å²) in [5.74, 6) is 0.856. The highest BCUT2D eigenvalue weighted by atomic mass is 16.3. The summed E-state index contributed by atoms with van der Waals surface area (Å²) in [6, 6.07) is 7.46. The fourth-order valence-corrected chi connectivity index (χ4v) is 1.39. The van der Waals surface area contributed by atoms with Crippen molar-refractivity contribution in [2.24, 2.45) is 0 Å². The molecule has 1 aromatic heterocycles. The molecule has 2 rings (SSSR count). The minimum atomic E-state index is 0.0331. The smallest absolute Gasteiger partial charge is 0.197 e. The Morgan fingerprint density at radius 2 is 1.88 bits per heavy atom. The molecule has 92 valence electrons. The Balaban J connectivity index is 0.000000202. The lowest BCUT2D eigenvalue weighted by atomic mass is 9.86. The van der Waals surface area contributed by atoms with Gasteiger partial charge in [0.1, 0.15) is 5.75 Å². The van der Waals surface area contributed by atoms with Gasteiger partial charge in [0.2, 0.25) is 0 Å². The van der Waals surface area contributed by atoms with Gasteiger partial charge < -0.3 is 15.8 Å². The van der Waals surface area contributed by atoms with Gasteiger partial charge in [-0.3, -0.25) is 0 Å². The van der Waals surface area contributed by atoms with E-state index in [4.69, 9.17) is 5.73 Å². The molecule has 1 heterocycles. The van der Waals surface area contributed by atoms with E-state index >= 15 is 0 Å². The van der Waals surface area contributed by atoms with E-state index in [1.807, 2.05) is 18.2 Å². The van der Waals surface area contributed by atoms with Crippen LogP contribution >= 0.6 is 0 Å². The van der Waals surface area contributed by atoms with Crippen LogP contribution in [0.4, 0.5) is 5.95 Å². The molecule has 0 radical (unpaired) electrons. The maximum atomic E-state index is 9.45. The first-order chi connectivity index (χ1) is 7.91. The van der Waals surface area contributed by atoms with Gasteiger partial charge in [0.05, 0.1) is 0 Å². The van der Waals surface area contributed by atoms with E-state index in [0.29, 0.717) is 11.7 Å². The van der Waals surface area contributed by atoms with Gasteiger partial charge in [-0.05, 0) is 17.0 Å². The number of phenolic OH excluding ortho intramolecular Hbond substituents is 1. The van der Waals surface area contributed by atoms with E-state index in [9.17, 15) is 5.11 Å². The summed E-state index contributed by atoms with van der Waals surface area (Å²) in [5, 5.41) is 9.45. The topological polar surface area (TPSA) is 74.9 Å². The zero-order valence-corrected chi connectivity index (χ0v) is 10.4. The number of nitrogens with zero attached hydrogens (tertiary/aromatic N) is 1. The highest BCUT2D eigenvalue weighted by Crippen LogP contribution is 2.29. The minimum Gasteiger partial charge on any atom is -0.508 e. The average Bonchev–Trinajstić information content (AvgIpc) is 2.69. The summed E-state index contributed by atoms with van der Waals surface area (Å²) in [4.78, 5) is 6.31. The standard InChI is InChI=1S/C10H14O.C3H5N3/c1-10(2,3)8-6-4-5-7-9(8)11;4-3-5-1-2-6-3/h4-7,11H,1-3H3;1-2H,(H3,4,5,6). The molecule has 1 aromatic carbocycles. The molecule has 0 fully saturated rings. The Morgan fingerprint density at radius 1 is 1.24 bits per heavy atom. The maximum absolute atomic E-state index is 9.45. The van der Waals surface area contributed by atoms with Gasteiger partial charge in [-0.1, -0.05) is 39.0 Å². The molecule has 2 aromatic rings. The molecular weight excluding hydrogens is 214 g/mol.